The fourth-order valence-corrected chi connectivity index (χ4v) is 2.92. The van der Waals surface area contributed by atoms with Gasteiger partial charge in [-0.25, -0.2) is 0 Å². The quantitative estimate of drug-likeness (QED) is 0.666. The lowest BCUT2D eigenvalue weighted by atomic mass is 10.1. The molecule has 3 heteroatoms. The molecule has 0 radical (unpaired) electrons. The molecule has 1 aliphatic carbocycles. The van der Waals surface area contributed by atoms with Crippen molar-refractivity contribution in [1.82, 2.24) is 0 Å². The molecule has 2 atom stereocenters. The lowest BCUT2D eigenvalue weighted by molar-refractivity contribution is -0.147. The topological polar surface area (TPSA) is 18.5 Å². The average molecular weight is 319 g/mol. The van der Waals surface area contributed by atoms with Crippen molar-refractivity contribution in [2.24, 2.45) is 0 Å². The fourth-order valence-electron chi connectivity index (χ4n) is 2.34. The zero-order chi connectivity index (χ0) is 13.2. The largest absolute Gasteiger partial charge is 0.353 e. The van der Waals surface area contributed by atoms with Gasteiger partial charge >= 0.3 is 0 Å². The van der Waals surface area contributed by atoms with E-state index in [1.54, 1.807) is 0 Å². The smallest absolute Gasteiger partial charge is 0.155 e. The second-order valence-electron chi connectivity index (χ2n) is 4.97. The Labute approximate surface area is 120 Å². The van der Waals surface area contributed by atoms with E-state index >= 15 is 0 Å². The van der Waals surface area contributed by atoms with Gasteiger partial charge in [0.2, 0.25) is 0 Å². The summed E-state index contributed by atoms with van der Waals surface area (Å²) in [5.41, 5.74) is 0. The molecule has 0 saturated heterocycles. The second-order valence-corrected chi connectivity index (χ2v) is 5.99. The van der Waals surface area contributed by atoms with Crippen molar-refractivity contribution in [2.75, 3.05) is 6.61 Å². The Morgan fingerprint density at radius 1 is 1.22 bits per heavy atom. The Morgan fingerprint density at radius 2 is 1.89 bits per heavy atom. The third-order valence-electron chi connectivity index (χ3n) is 3.29. The SMILES string of the molecule is CCOC(C)OC1C=C(Br)CCCCCCCC1. The van der Waals surface area contributed by atoms with Crippen molar-refractivity contribution in [3.63, 3.8) is 0 Å². The molecule has 0 N–H and O–H groups in total. The van der Waals surface area contributed by atoms with E-state index in [9.17, 15) is 0 Å². The Bertz CT molecular complexity index is 241. The highest BCUT2D eigenvalue weighted by Crippen LogP contribution is 2.22. The van der Waals surface area contributed by atoms with E-state index in [2.05, 4.69) is 22.0 Å². The van der Waals surface area contributed by atoms with Crippen molar-refractivity contribution >= 4 is 15.9 Å². The van der Waals surface area contributed by atoms with Crippen LogP contribution in [0.25, 0.3) is 0 Å². The molecule has 0 saturated carbocycles. The zero-order valence-electron chi connectivity index (χ0n) is 11.8. The first-order valence-corrected chi connectivity index (χ1v) is 8.15. The third-order valence-corrected chi connectivity index (χ3v) is 3.95. The fraction of sp³-hybridized carbons (Fsp3) is 0.867. The number of hydrogen-bond acceptors (Lipinski definition) is 2. The van der Waals surface area contributed by atoms with Crippen LogP contribution in [0.3, 0.4) is 0 Å². The summed E-state index contributed by atoms with van der Waals surface area (Å²) in [7, 11) is 0. The first-order chi connectivity index (χ1) is 8.72. The monoisotopic (exact) mass is 318 g/mol. The molecule has 0 spiro atoms. The van der Waals surface area contributed by atoms with Gasteiger partial charge in [-0.2, -0.15) is 0 Å². The van der Waals surface area contributed by atoms with Gasteiger partial charge < -0.3 is 9.47 Å². The van der Waals surface area contributed by atoms with Gasteiger partial charge in [-0.15, -0.1) is 0 Å². The molecule has 18 heavy (non-hydrogen) atoms. The van der Waals surface area contributed by atoms with Crippen LogP contribution in [0.2, 0.25) is 0 Å². The van der Waals surface area contributed by atoms with Crippen molar-refractivity contribution in [3.05, 3.63) is 10.6 Å². The highest BCUT2D eigenvalue weighted by atomic mass is 79.9. The van der Waals surface area contributed by atoms with Gasteiger partial charge in [0, 0.05) is 6.61 Å². The van der Waals surface area contributed by atoms with Crippen LogP contribution in [0.4, 0.5) is 0 Å². The number of allylic oxidation sites excluding steroid dienone is 1. The molecule has 0 aromatic heterocycles. The maximum absolute atomic E-state index is 5.95. The predicted octanol–water partition coefficient (Wildman–Crippen LogP) is 5.17. The van der Waals surface area contributed by atoms with Crippen LogP contribution in [0, 0.1) is 0 Å². The first-order valence-electron chi connectivity index (χ1n) is 7.35. The Kier molecular flexibility index (Phi) is 8.99. The lowest BCUT2D eigenvalue weighted by Crippen LogP contribution is -2.21. The van der Waals surface area contributed by atoms with E-state index in [0.717, 1.165) is 12.8 Å². The molecule has 2 nitrogen and oxygen atoms in total. The number of ether oxygens (including phenoxy) is 2. The lowest BCUT2D eigenvalue weighted by Gasteiger charge is -2.20. The van der Waals surface area contributed by atoms with Gasteiger partial charge in [-0.1, -0.05) is 48.0 Å². The van der Waals surface area contributed by atoms with E-state index in [4.69, 9.17) is 9.47 Å². The van der Waals surface area contributed by atoms with Crippen LogP contribution in [0.1, 0.15) is 65.2 Å². The van der Waals surface area contributed by atoms with Gasteiger partial charge in [0.15, 0.2) is 6.29 Å². The van der Waals surface area contributed by atoms with Crippen LogP contribution >= 0.6 is 15.9 Å². The summed E-state index contributed by atoms with van der Waals surface area (Å²) in [4.78, 5) is 0. The van der Waals surface area contributed by atoms with Gasteiger partial charge in [0.1, 0.15) is 0 Å². The van der Waals surface area contributed by atoms with Crippen molar-refractivity contribution in [1.29, 1.82) is 0 Å². The molecule has 106 valence electrons. The number of rotatable bonds is 4. The molecule has 0 heterocycles. The molecular formula is C15H27BrO2. The molecule has 0 aromatic carbocycles. The van der Waals surface area contributed by atoms with Crippen molar-refractivity contribution < 1.29 is 9.47 Å². The van der Waals surface area contributed by atoms with E-state index in [1.807, 2.05) is 13.8 Å². The molecule has 0 aliphatic heterocycles. The first kappa shape index (κ1) is 16.2. The van der Waals surface area contributed by atoms with E-state index in [0.29, 0.717) is 6.61 Å². The summed E-state index contributed by atoms with van der Waals surface area (Å²) >= 11 is 3.67. The minimum atomic E-state index is -0.110. The molecule has 0 bridgehead atoms. The van der Waals surface area contributed by atoms with E-state index < -0.39 is 0 Å². The summed E-state index contributed by atoms with van der Waals surface area (Å²) in [5, 5.41) is 0. The molecule has 1 aliphatic rings. The van der Waals surface area contributed by atoms with Gasteiger partial charge in [0.05, 0.1) is 6.10 Å². The summed E-state index contributed by atoms with van der Waals surface area (Å²) in [6.45, 7) is 4.69. The van der Waals surface area contributed by atoms with E-state index in [1.165, 1.54) is 43.0 Å². The molecule has 0 fully saturated rings. The summed E-state index contributed by atoms with van der Waals surface area (Å²) < 4.78 is 12.7. The summed E-state index contributed by atoms with van der Waals surface area (Å²) in [5.74, 6) is 0. The average Bonchev–Trinajstić information content (AvgIpc) is 2.35. The van der Waals surface area contributed by atoms with E-state index in [-0.39, 0.29) is 12.4 Å². The predicted molar refractivity (Wildman–Crippen MR) is 79.9 cm³/mol. The maximum Gasteiger partial charge on any atom is 0.155 e. The third kappa shape index (κ3) is 7.55. The van der Waals surface area contributed by atoms with Crippen LogP contribution in [-0.4, -0.2) is 19.0 Å². The Hall–Kier alpha value is 0.140. The van der Waals surface area contributed by atoms with Crippen molar-refractivity contribution in [2.45, 2.75) is 77.6 Å². The van der Waals surface area contributed by atoms with Crippen LogP contribution < -0.4 is 0 Å². The standard InChI is InChI=1S/C15H27BrO2/c1-3-17-13(2)18-15-11-9-7-5-4-6-8-10-14(16)12-15/h12-13,15H,3-11H2,1-2H3. The van der Waals surface area contributed by atoms with Gasteiger partial charge in [-0.3, -0.25) is 0 Å². The molecule has 0 aromatic rings. The van der Waals surface area contributed by atoms with Gasteiger partial charge in [0.25, 0.3) is 0 Å². The van der Waals surface area contributed by atoms with Crippen LogP contribution in [0.5, 0.6) is 0 Å². The van der Waals surface area contributed by atoms with Gasteiger partial charge in [-0.05, 0) is 43.7 Å². The zero-order valence-corrected chi connectivity index (χ0v) is 13.4. The number of halogens is 1. The van der Waals surface area contributed by atoms with Crippen molar-refractivity contribution in [3.8, 4) is 0 Å². The minimum absolute atomic E-state index is 0.110. The minimum Gasteiger partial charge on any atom is -0.353 e. The highest BCUT2D eigenvalue weighted by Gasteiger charge is 2.12. The highest BCUT2D eigenvalue weighted by molar-refractivity contribution is 9.11. The Morgan fingerprint density at radius 3 is 2.61 bits per heavy atom. The number of hydrogen-bond donors (Lipinski definition) is 0. The summed E-state index contributed by atoms with van der Waals surface area (Å²) in [6, 6.07) is 0. The molecule has 2 unspecified atom stereocenters. The van der Waals surface area contributed by atoms with Crippen LogP contribution in [-0.2, 0) is 9.47 Å². The molecule has 0 amide bonds. The normalized spacial score (nSPS) is 25.1. The van der Waals surface area contributed by atoms with Crippen LogP contribution in [0.15, 0.2) is 10.6 Å². The second kappa shape index (κ2) is 9.99. The Balaban J connectivity index is 2.49. The summed E-state index contributed by atoms with van der Waals surface area (Å²) in [6.07, 6.45) is 12.5. The molecule has 1 rings (SSSR count). The molecular weight excluding hydrogens is 292 g/mol. The maximum atomic E-state index is 5.95.